The maximum Gasteiger partial charge on any atom is 0.167 e. The molecule has 0 unspecified atom stereocenters. The first-order chi connectivity index (χ1) is 27.7. The second-order valence-electron chi connectivity index (χ2n) is 13.1. The molecule has 3 heterocycles. The monoisotopic (exact) mass is 738 g/mol. The molecule has 0 fully saturated rings. The molecule has 0 bridgehead atoms. The van der Waals surface area contributed by atoms with Gasteiger partial charge >= 0.3 is 0 Å². The number of para-hydroxylation sites is 2. The van der Waals surface area contributed by atoms with Gasteiger partial charge in [-0.15, -0.1) is 0 Å². The van der Waals surface area contributed by atoms with Gasteiger partial charge in [-0.1, -0.05) is 157 Å². The molecule has 0 saturated heterocycles. The standard InChI is InChI=1S/C48H30N6OS/c1-4-14-31(15-5-1)43-49-44(32-16-6-2-7-17-32)52-47(51-43)35-20-12-21-37(30-35)56-36-28-26-34(27-29-36)46-50-45(33-18-8-3-9-19-33)53-48(54-46)40-24-13-23-39-38-22-10-11-25-41(38)55-42(39)40/h1-30H. The van der Waals surface area contributed by atoms with Gasteiger partial charge in [0.1, 0.15) is 11.2 Å². The summed E-state index contributed by atoms with van der Waals surface area (Å²) in [5.41, 5.74) is 6.97. The number of hydrogen-bond donors (Lipinski definition) is 0. The Morgan fingerprint density at radius 2 is 0.768 bits per heavy atom. The van der Waals surface area contributed by atoms with Crippen LogP contribution in [0.15, 0.2) is 196 Å². The van der Waals surface area contributed by atoms with Crippen LogP contribution in [0.4, 0.5) is 0 Å². The molecule has 0 aliphatic carbocycles. The summed E-state index contributed by atoms with van der Waals surface area (Å²) in [6, 6.07) is 60.8. The zero-order valence-corrected chi connectivity index (χ0v) is 30.6. The van der Waals surface area contributed by atoms with Gasteiger partial charge in [0.05, 0.1) is 5.56 Å². The molecular weight excluding hydrogens is 709 g/mol. The largest absolute Gasteiger partial charge is 0.455 e. The van der Waals surface area contributed by atoms with Crippen LogP contribution in [-0.4, -0.2) is 29.9 Å². The molecule has 264 valence electrons. The SMILES string of the molecule is c1ccc(-c2nc(-c3ccccc3)nc(-c3cccc(Sc4ccc(-c5nc(-c6ccccc6)nc(-c6cccc7c6oc6ccccc67)n5)cc4)c3)n2)cc1. The highest BCUT2D eigenvalue weighted by Gasteiger charge is 2.18. The molecule has 10 aromatic rings. The molecule has 3 aromatic heterocycles. The minimum atomic E-state index is 0.554. The number of furan rings is 1. The van der Waals surface area contributed by atoms with Crippen LogP contribution < -0.4 is 0 Å². The van der Waals surface area contributed by atoms with E-state index in [1.54, 1.807) is 11.8 Å². The van der Waals surface area contributed by atoms with Gasteiger partial charge < -0.3 is 4.42 Å². The minimum absolute atomic E-state index is 0.554. The number of rotatable bonds is 8. The van der Waals surface area contributed by atoms with E-state index in [4.69, 9.17) is 34.3 Å². The Kier molecular flexibility index (Phi) is 8.62. The van der Waals surface area contributed by atoms with E-state index in [-0.39, 0.29) is 0 Å². The van der Waals surface area contributed by atoms with Crippen LogP contribution in [0.1, 0.15) is 0 Å². The van der Waals surface area contributed by atoms with Crippen molar-refractivity contribution in [2.45, 2.75) is 9.79 Å². The molecule has 0 spiro atoms. The highest BCUT2D eigenvalue weighted by atomic mass is 32.2. The fourth-order valence-electron chi connectivity index (χ4n) is 6.71. The molecule has 8 heteroatoms. The molecule has 7 aromatic carbocycles. The van der Waals surface area contributed by atoms with Gasteiger partial charge in [-0.25, -0.2) is 29.9 Å². The predicted molar refractivity (Wildman–Crippen MR) is 224 cm³/mol. The minimum Gasteiger partial charge on any atom is -0.455 e. The third-order valence-corrected chi connectivity index (χ3v) is 10.4. The number of nitrogens with zero attached hydrogens (tertiary/aromatic N) is 6. The summed E-state index contributed by atoms with van der Waals surface area (Å²) in [7, 11) is 0. The Morgan fingerprint density at radius 3 is 1.36 bits per heavy atom. The summed E-state index contributed by atoms with van der Waals surface area (Å²) in [4.78, 5) is 31.8. The normalized spacial score (nSPS) is 11.3. The Labute approximate surface area is 326 Å². The van der Waals surface area contributed by atoms with E-state index in [2.05, 4.69) is 48.5 Å². The molecule has 0 aliphatic rings. The van der Waals surface area contributed by atoms with Gasteiger partial charge in [0.25, 0.3) is 0 Å². The Morgan fingerprint density at radius 1 is 0.321 bits per heavy atom. The van der Waals surface area contributed by atoms with E-state index in [0.717, 1.165) is 65.1 Å². The van der Waals surface area contributed by atoms with Gasteiger partial charge in [-0.05, 0) is 36.4 Å². The molecular formula is C48H30N6OS. The quantitative estimate of drug-likeness (QED) is 0.152. The summed E-state index contributed by atoms with van der Waals surface area (Å²) in [5, 5.41) is 2.08. The van der Waals surface area contributed by atoms with Crippen molar-refractivity contribution >= 4 is 33.7 Å². The van der Waals surface area contributed by atoms with E-state index in [1.165, 1.54) is 0 Å². The molecule has 0 N–H and O–H groups in total. The fourth-order valence-corrected chi connectivity index (χ4v) is 7.59. The van der Waals surface area contributed by atoms with E-state index >= 15 is 0 Å². The lowest BCUT2D eigenvalue weighted by Gasteiger charge is -2.10. The molecule has 10 rings (SSSR count). The second kappa shape index (κ2) is 14.5. The van der Waals surface area contributed by atoms with Crippen LogP contribution >= 0.6 is 11.8 Å². The van der Waals surface area contributed by atoms with Crippen LogP contribution in [0, 0.1) is 0 Å². The third kappa shape index (κ3) is 6.59. The van der Waals surface area contributed by atoms with E-state index in [1.807, 2.05) is 133 Å². The maximum absolute atomic E-state index is 6.38. The van der Waals surface area contributed by atoms with E-state index in [9.17, 15) is 0 Å². The van der Waals surface area contributed by atoms with Crippen molar-refractivity contribution in [3.8, 4) is 68.3 Å². The molecule has 0 amide bonds. The van der Waals surface area contributed by atoms with Crippen LogP contribution in [-0.2, 0) is 0 Å². The fraction of sp³-hybridized carbons (Fsp3) is 0. The van der Waals surface area contributed by atoms with Gasteiger partial charge in [0.15, 0.2) is 34.9 Å². The van der Waals surface area contributed by atoms with Crippen LogP contribution in [0.2, 0.25) is 0 Å². The highest BCUT2D eigenvalue weighted by molar-refractivity contribution is 7.99. The number of benzene rings is 7. The number of hydrogen-bond acceptors (Lipinski definition) is 8. The van der Waals surface area contributed by atoms with Crippen LogP contribution in [0.5, 0.6) is 0 Å². The van der Waals surface area contributed by atoms with Gasteiger partial charge in [0, 0.05) is 48.4 Å². The van der Waals surface area contributed by atoms with Crippen LogP contribution in [0.3, 0.4) is 0 Å². The summed E-state index contributed by atoms with van der Waals surface area (Å²) in [6.07, 6.45) is 0. The van der Waals surface area contributed by atoms with E-state index < -0.39 is 0 Å². The number of aromatic nitrogens is 6. The zero-order chi connectivity index (χ0) is 37.3. The summed E-state index contributed by atoms with van der Waals surface area (Å²) >= 11 is 1.67. The Bertz CT molecular complexity index is 2930. The topological polar surface area (TPSA) is 90.5 Å². The van der Waals surface area contributed by atoms with Gasteiger partial charge in [0.2, 0.25) is 0 Å². The maximum atomic E-state index is 6.38. The van der Waals surface area contributed by atoms with Crippen molar-refractivity contribution in [3.05, 3.63) is 182 Å². The first kappa shape index (κ1) is 33.3. The lowest BCUT2D eigenvalue weighted by atomic mass is 10.1. The molecule has 0 saturated carbocycles. The first-order valence-electron chi connectivity index (χ1n) is 18.2. The molecule has 0 aliphatic heterocycles. The molecule has 0 radical (unpaired) electrons. The van der Waals surface area contributed by atoms with E-state index in [0.29, 0.717) is 34.9 Å². The Balaban J connectivity index is 0.983. The predicted octanol–water partition coefficient (Wildman–Crippen LogP) is 12.1. The molecule has 7 nitrogen and oxygen atoms in total. The molecule has 56 heavy (non-hydrogen) atoms. The van der Waals surface area contributed by atoms with Crippen molar-refractivity contribution in [1.82, 2.24) is 29.9 Å². The lowest BCUT2D eigenvalue weighted by molar-refractivity contribution is 0.669. The lowest BCUT2D eigenvalue weighted by Crippen LogP contribution is -2.00. The summed E-state index contributed by atoms with van der Waals surface area (Å²) in [5.74, 6) is 3.62. The van der Waals surface area contributed by atoms with Crippen molar-refractivity contribution in [3.63, 3.8) is 0 Å². The third-order valence-electron chi connectivity index (χ3n) is 9.45. The van der Waals surface area contributed by atoms with Gasteiger partial charge in [-0.3, -0.25) is 0 Å². The number of fused-ring (bicyclic) bond motifs is 3. The van der Waals surface area contributed by atoms with Crippen molar-refractivity contribution in [1.29, 1.82) is 0 Å². The average Bonchev–Trinajstić information content (AvgIpc) is 3.66. The van der Waals surface area contributed by atoms with Crippen LogP contribution in [0.25, 0.3) is 90.3 Å². The Hall–Kier alpha value is -7.29. The smallest absolute Gasteiger partial charge is 0.167 e. The second-order valence-corrected chi connectivity index (χ2v) is 14.3. The van der Waals surface area contributed by atoms with Crippen molar-refractivity contribution < 1.29 is 4.42 Å². The zero-order valence-electron chi connectivity index (χ0n) is 29.8. The van der Waals surface area contributed by atoms with Crippen molar-refractivity contribution in [2.75, 3.05) is 0 Å². The summed E-state index contributed by atoms with van der Waals surface area (Å²) < 4.78 is 6.38. The van der Waals surface area contributed by atoms with Crippen molar-refractivity contribution in [2.24, 2.45) is 0 Å². The highest BCUT2D eigenvalue weighted by Crippen LogP contribution is 2.37. The first-order valence-corrected chi connectivity index (χ1v) is 19.0. The van der Waals surface area contributed by atoms with Gasteiger partial charge in [-0.2, -0.15) is 0 Å². The average molecular weight is 739 g/mol. The summed E-state index contributed by atoms with van der Waals surface area (Å²) in [6.45, 7) is 0. The molecule has 0 atom stereocenters.